The lowest BCUT2D eigenvalue weighted by Crippen LogP contribution is -2.33. The summed E-state index contributed by atoms with van der Waals surface area (Å²) in [5, 5.41) is 14.5. The van der Waals surface area contributed by atoms with Crippen LogP contribution in [0.3, 0.4) is 0 Å². The quantitative estimate of drug-likeness (QED) is 0.788. The summed E-state index contributed by atoms with van der Waals surface area (Å²) in [5.74, 6) is 1.38. The Bertz CT molecular complexity index is 634. The topological polar surface area (TPSA) is 59.8 Å². The average molecular weight is 336 g/mol. The van der Waals surface area contributed by atoms with E-state index in [9.17, 15) is 4.79 Å². The molecule has 0 unspecified atom stereocenters. The third kappa shape index (κ3) is 3.52. The van der Waals surface area contributed by atoms with Crippen molar-refractivity contribution in [2.45, 2.75) is 50.4 Å². The van der Waals surface area contributed by atoms with E-state index in [-0.39, 0.29) is 11.9 Å². The lowest BCUT2D eigenvalue weighted by molar-refractivity contribution is -0.119. The van der Waals surface area contributed by atoms with Crippen LogP contribution >= 0.6 is 23.1 Å². The number of thioether (sulfide) groups is 1. The maximum Gasteiger partial charge on any atom is 0.230 e. The molecule has 1 fully saturated rings. The molecule has 1 atom stereocenters. The zero-order chi connectivity index (χ0) is 15.5. The number of amides is 1. The molecule has 0 bridgehead atoms. The van der Waals surface area contributed by atoms with E-state index in [1.54, 1.807) is 11.3 Å². The summed E-state index contributed by atoms with van der Waals surface area (Å²) in [5.41, 5.74) is 0. The van der Waals surface area contributed by atoms with E-state index < -0.39 is 0 Å². The Morgan fingerprint density at radius 1 is 1.55 bits per heavy atom. The van der Waals surface area contributed by atoms with Gasteiger partial charge in [-0.25, -0.2) is 0 Å². The van der Waals surface area contributed by atoms with Crippen molar-refractivity contribution in [1.82, 2.24) is 20.1 Å². The van der Waals surface area contributed by atoms with Crippen LogP contribution in [0.5, 0.6) is 0 Å². The number of carbonyl (C=O) groups is 1. The molecule has 5 nitrogen and oxygen atoms in total. The predicted molar refractivity (Wildman–Crippen MR) is 90.2 cm³/mol. The molecule has 3 rings (SSSR count). The van der Waals surface area contributed by atoms with Crippen molar-refractivity contribution in [3.8, 4) is 10.7 Å². The number of nitrogens with one attached hydrogen (secondary N) is 1. The monoisotopic (exact) mass is 336 g/mol. The van der Waals surface area contributed by atoms with Gasteiger partial charge in [-0.1, -0.05) is 24.8 Å². The summed E-state index contributed by atoms with van der Waals surface area (Å²) >= 11 is 3.15. The highest BCUT2D eigenvalue weighted by molar-refractivity contribution is 7.99. The molecule has 1 aliphatic rings. The summed E-state index contributed by atoms with van der Waals surface area (Å²) < 4.78 is 2.20. The Morgan fingerprint density at radius 2 is 2.36 bits per heavy atom. The van der Waals surface area contributed by atoms with Gasteiger partial charge in [-0.2, -0.15) is 0 Å². The number of thiophene rings is 1. The molecule has 0 aromatic carbocycles. The lowest BCUT2D eigenvalue weighted by Gasteiger charge is -2.11. The van der Waals surface area contributed by atoms with E-state index >= 15 is 0 Å². The van der Waals surface area contributed by atoms with E-state index in [0.717, 1.165) is 22.3 Å². The van der Waals surface area contributed by atoms with Crippen LogP contribution in [0.4, 0.5) is 0 Å². The van der Waals surface area contributed by atoms with Crippen LogP contribution < -0.4 is 5.32 Å². The Morgan fingerprint density at radius 3 is 3.00 bits per heavy atom. The van der Waals surface area contributed by atoms with Gasteiger partial charge in [0.15, 0.2) is 11.0 Å². The van der Waals surface area contributed by atoms with Gasteiger partial charge < -0.3 is 5.32 Å². The molecule has 0 spiro atoms. The summed E-state index contributed by atoms with van der Waals surface area (Å²) in [7, 11) is 0. The molecule has 0 aliphatic heterocycles. The van der Waals surface area contributed by atoms with Crippen molar-refractivity contribution in [3.05, 3.63) is 17.5 Å². The highest BCUT2D eigenvalue weighted by atomic mass is 32.2. The number of hydrogen-bond acceptors (Lipinski definition) is 5. The fourth-order valence-corrected chi connectivity index (χ4v) is 3.68. The normalized spacial score (nSPS) is 15.7. The minimum atomic E-state index is 0.0578. The highest BCUT2D eigenvalue weighted by Gasteiger charge is 2.30. The van der Waals surface area contributed by atoms with E-state index in [1.165, 1.54) is 24.6 Å². The Labute approximate surface area is 138 Å². The van der Waals surface area contributed by atoms with Crippen molar-refractivity contribution in [1.29, 1.82) is 0 Å². The molecule has 1 aliphatic carbocycles. The van der Waals surface area contributed by atoms with Gasteiger partial charge in [0.25, 0.3) is 0 Å². The van der Waals surface area contributed by atoms with Gasteiger partial charge in [-0.3, -0.25) is 9.36 Å². The van der Waals surface area contributed by atoms with E-state index in [4.69, 9.17) is 0 Å². The zero-order valence-corrected chi connectivity index (χ0v) is 14.4. The summed E-state index contributed by atoms with van der Waals surface area (Å²) in [4.78, 5) is 13.1. The molecule has 118 valence electrons. The van der Waals surface area contributed by atoms with Crippen molar-refractivity contribution >= 4 is 29.0 Å². The maximum atomic E-state index is 11.9. The number of nitrogens with zero attached hydrogens (tertiary/aromatic N) is 3. The first-order chi connectivity index (χ1) is 10.7. The second-order valence-electron chi connectivity index (χ2n) is 5.55. The molecule has 2 aromatic rings. The number of rotatable bonds is 7. The van der Waals surface area contributed by atoms with Gasteiger partial charge in [0.2, 0.25) is 5.91 Å². The van der Waals surface area contributed by atoms with Gasteiger partial charge in [-0.15, -0.1) is 21.5 Å². The number of carbonyl (C=O) groups excluding carboxylic acids is 1. The van der Waals surface area contributed by atoms with E-state index in [2.05, 4.69) is 33.1 Å². The summed E-state index contributed by atoms with van der Waals surface area (Å²) in [6.07, 6.45) is 3.28. The van der Waals surface area contributed by atoms with Crippen molar-refractivity contribution in [2.75, 3.05) is 5.75 Å². The largest absolute Gasteiger partial charge is 0.353 e. The number of hydrogen-bond donors (Lipinski definition) is 1. The molecule has 0 radical (unpaired) electrons. The maximum absolute atomic E-state index is 11.9. The molecule has 1 N–H and O–H groups in total. The molecule has 1 amide bonds. The highest BCUT2D eigenvalue weighted by Crippen LogP contribution is 2.41. The van der Waals surface area contributed by atoms with Crippen LogP contribution in [0.2, 0.25) is 0 Å². The Hall–Kier alpha value is -1.34. The molecule has 22 heavy (non-hydrogen) atoms. The van der Waals surface area contributed by atoms with Crippen molar-refractivity contribution in [3.63, 3.8) is 0 Å². The third-order valence-electron chi connectivity index (χ3n) is 3.67. The first kappa shape index (κ1) is 15.6. The minimum Gasteiger partial charge on any atom is -0.353 e. The van der Waals surface area contributed by atoms with Gasteiger partial charge >= 0.3 is 0 Å². The SMILES string of the molecule is CC[C@H](C)NC(=O)CSc1nnc(-c2cccs2)n1C1CC1. The third-order valence-corrected chi connectivity index (χ3v) is 5.48. The molecule has 1 saturated carbocycles. The fraction of sp³-hybridized carbons (Fsp3) is 0.533. The predicted octanol–water partition coefficient (Wildman–Crippen LogP) is 3.35. The zero-order valence-electron chi connectivity index (χ0n) is 12.8. The second kappa shape index (κ2) is 6.83. The molecular weight excluding hydrogens is 316 g/mol. The molecular formula is C15H20N4OS2. The van der Waals surface area contributed by atoms with Gasteiger partial charge in [0.1, 0.15) is 0 Å². The van der Waals surface area contributed by atoms with Crippen LogP contribution in [-0.4, -0.2) is 32.5 Å². The van der Waals surface area contributed by atoms with E-state index in [0.29, 0.717) is 11.8 Å². The lowest BCUT2D eigenvalue weighted by atomic mass is 10.3. The molecule has 0 saturated heterocycles. The Balaban J connectivity index is 1.70. The minimum absolute atomic E-state index is 0.0578. The van der Waals surface area contributed by atoms with E-state index in [1.807, 2.05) is 18.4 Å². The van der Waals surface area contributed by atoms with Crippen molar-refractivity contribution in [2.24, 2.45) is 0 Å². The van der Waals surface area contributed by atoms with Crippen LogP contribution in [-0.2, 0) is 4.79 Å². The van der Waals surface area contributed by atoms with Crippen LogP contribution in [0.15, 0.2) is 22.7 Å². The first-order valence-corrected chi connectivity index (χ1v) is 9.46. The van der Waals surface area contributed by atoms with Crippen LogP contribution in [0.1, 0.15) is 39.2 Å². The molecule has 2 heterocycles. The Kier molecular flexibility index (Phi) is 4.83. The first-order valence-electron chi connectivity index (χ1n) is 7.60. The van der Waals surface area contributed by atoms with Crippen LogP contribution in [0.25, 0.3) is 10.7 Å². The summed E-state index contributed by atoms with van der Waals surface area (Å²) in [6.45, 7) is 4.08. The summed E-state index contributed by atoms with van der Waals surface area (Å²) in [6, 6.07) is 4.80. The standard InChI is InChI=1S/C15H20N4OS2/c1-3-10(2)16-13(20)9-22-15-18-17-14(12-5-4-8-21-12)19(15)11-6-7-11/h4-5,8,10-11H,3,6-7,9H2,1-2H3,(H,16,20)/t10-/m0/s1. The smallest absolute Gasteiger partial charge is 0.230 e. The van der Waals surface area contributed by atoms with Gasteiger partial charge in [-0.05, 0) is 37.6 Å². The van der Waals surface area contributed by atoms with Gasteiger partial charge in [0, 0.05) is 12.1 Å². The van der Waals surface area contributed by atoms with Gasteiger partial charge in [0.05, 0.1) is 10.6 Å². The average Bonchev–Trinajstić information content (AvgIpc) is 3.03. The molecule has 2 aromatic heterocycles. The second-order valence-corrected chi connectivity index (χ2v) is 7.44. The molecule has 7 heteroatoms. The fourth-order valence-electron chi connectivity index (χ4n) is 2.16. The number of aromatic nitrogens is 3. The van der Waals surface area contributed by atoms with Crippen molar-refractivity contribution < 1.29 is 4.79 Å². The van der Waals surface area contributed by atoms with Crippen LogP contribution in [0, 0.1) is 0 Å².